The molecule has 2 nitrogen and oxygen atoms in total. The molecule has 2 rings (SSSR count). The van der Waals surface area contributed by atoms with Gasteiger partial charge in [0, 0.05) is 23.2 Å². The Kier molecular flexibility index (Phi) is 4.37. The van der Waals surface area contributed by atoms with E-state index in [0.29, 0.717) is 23.2 Å². The molecule has 17 heavy (non-hydrogen) atoms. The summed E-state index contributed by atoms with van der Waals surface area (Å²) in [7, 11) is 0. The fraction of sp³-hybridized carbons (Fsp3) is 0.538. The fourth-order valence-corrected chi connectivity index (χ4v) is 2.39. The van der Waals surface area contributed by atoms with Crippen LogP contribution in [0.3, 0.4) is 0 Å². The average Bonchev–Trinajstić information content (AvgIpc) is 2.48. The van der Waals surface area contributed by atoms with E-state index in [1.165, 1.54) is 6.07 Å². The molecule has 0 aromatic heterocycles. The Hall–Kier alpha value is -0.640. The highest BCUT2D eigenvalue weighted by Crippen LogP contribution is 2.18. The second-order valence-corrected chi connectivity index (χ2v) is 5.14. The van der Waals surface area contributed by atoms with Crippen molar-refractivity contribution >= 4 is 11.6 Å². The van der Waals surface area contributed by atoms with E-state index >= 15 is 0 Å². The van der Waals surface area contributed by atoms with Gasteiger partial charge in [0.1, 0.15) is 5.82 Å². The predicted molar refractivity (Wildman–Crippen MR) is 68.5 cm³/mol. The van der Waals surface area contributed by atoms with Gasteiger partial charge in [-0.2, -0.15) is 0 Å². The maximum atomic E-state index is 13.6. The summed E-state index contributed by atoms with van der Waals surface area (Å²) in [5.74, 6) is -0.217. The number of likely N-dealkylation sites (tertiary alicyclic amines) is 1. The molecule has 4 heteroatoms. The molecular formula is C13H18ClFN2. The maximum absolute atomic E-state index is 13.6. The van der Waals surface area contributed by atoms with Crippen LogP contribution < -0.4 is 5.73 Å². The second kappa shape index (κ2) is 5.80. The van der Waals surface area contributed by atoms with Gasteiger partial charge in [-0.25, -0.2) is 4.39 Å². The van der Waals surface area contributed by atoms with Crippen LogP contribution in [0.5, 0.6) is 0 Å². The molecular weight excluding hydrogens is 239 g/mol. The van der Waals surface area contributed by atoms with Crippen molar-refractivity contribution in [2.45, 2.75) is 31.8 Å². The zero-order valence-corrected chi connectivity index (χ0v) is 10.6. The van der Waals surface area contributed by atoms with E-state index in [-0.39, 0.29) is 5.82 Å². The predicted octanol–water partition coefficient (Wildman–Crippen LogP) is 2.79. The lowest BCUT2D eigenvalue weighted by molar-refractivity contribution is 0.272. The molecule has 1 unspecified atom stereocenters. The molecule has 1 atom stereocenters. The quantitative estimate of drug-likeness (QED) is 0.882. The van der Waals surface area contributed by atoms with Crippen LogP contribution in [-0.4, -0.2) is 24.0 Å². The van der Waals surface area contributed by atoms with Gasteiger partial charge < -0.3 is 5.73 Å². The molecule has 0 aliphatic carbocycles. The Morgan fingerprint density at radius 2 is 2.18 bits per heavy atom. The van der Waals surface area contributed by atoms with Gasteiger partial charge in [-0.3, -0.25) is 4.90 Å². The molecule has 1 fully saturated rings. The molecule has 1 aliphatic heterocycles. The molecule has 0 amide bonds. The zero-order valence-electron chi connectivity index (χ0n) is 9.83. The minimum absolute atomic E-state index is 0.217. The van der Waals surface area contributed by atoms with Gasteiger partial charge in [0.25, 0.3) is 0 Å². The lowest BCUT2D eigenvalue weighted by Crippen LogP contribution is -2.26. The number of benzene rings is 1. The van der Waals surface area contributed by atoms with E-state index in [1.54, 1.807) is 12.1 Å². The first kappa shape index (κ1) is 12.8. The molecule has 1 heterocycles. The molecule has 0 saturated carbocycles. The molecule has 1 aromatic rings. The van der Waals surface area contributed by atoms with E-state index in [2.05, 4.69) is 4.90 Å². The standard InChI is InChI=1S/C13H18ClFN2/c14-11-4-3-10(13(15)8-11)9-17-6-1-2-12(16)5-7-17/h3-4,8,12H,1-2,5-7,9,16H2. The van der Waals surface area contributed by atoms with Crippen molar-refractivity contribution in [1.29, 1.82) is 0 Å². The summed E-state index contributed by atoms with van der Waals surface area (Å²) in [6, 6.07) is 5.18. The highest BCUT2D eigenvalue weighted by molar-refractivity contribution is 6.30. The van der Waals surface area contributed by atoms with Crippen molar-refractivity contribution < 1.29 is 4.39 Å². The van der Waals surface area contributed by atoms with Crippen LogP contribution in [0.25, 0.3) is 0 Å². The van der Waals surface area contributed by atoms with E-state index in [0.717, 1.165) is 32.4 Å². The number of hydrogen-bond donors (Lipinski definition) is 1. The highest BCUT2D eigenvalue weighted by atomic mass is 35.5. The van der Waals surface area contributed by atoms with Crippen molar-refractivity contribution in [1.82, 2.24) is 4.90 Å². The van der Waals surface area contributed by atoms with Crippen LogP contribution in [0.2, 0.25) is 5.02 Å². The Balaban J connectivity index is 2.00. The molecule has 0 spiro atoms. The third-order valence-corrected chi connectivity index (χ3v) is 3.51. The summed E-state index contributed by atoms with van der Waals surface area (Å²) in [6.07, 6.45) is 3.16. The Labute approximate surface area is 107 Å². The van der Waals surface area contributed by atoms with Gasteiger partial charge >= 0.3 is 0 Å². The van der Waals surface area contributed by atoms with E-state index in [4.69, 9.17) is 17.3 Å². The molecule has 0 radical (unpaired) electrons. The lowest BCUT2D eigenvalue weighted by Gasteiger charge is -2.20. The van der Waals surface area contributed by atoms with Crippen molar-refractivity contribution in [3.8, 4) is 0 Å². The smallest absolute Gasteiger partial charge is 0.129 e. The SMILES string of the molecule is NC1CCCN(Cc2ccc(Cl)cc2F)CC1. The van der Waals surface area contributed by atoms with E-state index in [9.17, 15) is 4.39 Å². The number of nitrogens with two attached hydrogens (primary N) is 1. The molecule has 0 bridgehead atoms. The van der Waals surface area contributed by atoms with E-state index in [1.807, 2.05) is 0 Å². The molecule has 94 valence electrons. The van der Waals surface area contributed by atoms with Crippen LogP contribution in [0.1, 0.15) is 24.8 Å². The summed E-state index contributed by atoms with van der Waals surface area (Å²) < 4.78 is 13.6. The number of nitrogens with zero attached hydrogens (tertiary/aromatic N) is 1. The van der Waals surface area contributed by atoms with Gasteiger partial charge in [-0.1, -0.05) is 17.7 Å². The molecule has 1 aromatic carbocycles. The zero-order chi connectivity index (χ0) is 12.3. The van der Waals surface area contributed by atoms with Gasteiger partial charge in [-0.15, -0.1) is 0 Å². The summed E-state index contributed by atoms with van der Waals surface area (Å²) in [5.41, 5.74) is 6.63. The van der Waals surface area contributed by atoms with Crippen molar-refractivity contribution in [3.05, 3.63) is 34.6 Å². The topological polar surface area (TPSA) is 29.3 Å². The molecule has 2 N–H and O–H groups in total. The van der Waals surface area contributed by atoms with E-state index < -0.39 is 0 Å². The average molecular weight is 257 g/mol. The van der Waals surface area contributed by atoms with Crippen LogP contribution in [0, 0.1) is 5.82 Å². The van der Waals surface area contributed by atoms with Crippen molar-refractivity contribution in [2.75, 3.05) is 13.1 Å². The minimum Gasteiger partial charge on any atom is -0.328 e. The van der Waals surface area contributed by atoms with Gasteiger partial charge in [0.2, 0.25) is 0 Å². The Morgan fingerprint density at radius 3 is 2.94 bits per heavy atom. The summed E-state index contributed by atoms with van der Waals surface area (Å²) in [5, 5.41) is 0.448. The second-order valence-electron chi connectivity index (χ2n) is 4.70. The van der Waals surface area contributed by atoms with Crippen LogP contribution >= 0.6 is 11.6 Å². The first-order chi connectivity index (χ1) is 8.15. The fourth-order valence-electron chi connectivity index (χ4n) is 2.23. The van der Waals surface area contributed by atoms with Crippen molar-refractivity contribution in [2.24, 2.45) is 5.73 Å². The molecule has 1 saturated heterocycles. The minimum atomic E-state index is -0.217. The van der Waals surface area contributed by atoms with Gasteiger partial charge in [0.05, 0.1) is 0 Å². The number of halogens is 2. The van der Waals surface area contributed by atoms with Crippen molar-refractivity contribution in [3.63, 3.8) is 0 Å². The largest absolute Gasteiger partial charge is 0.328 e. The summed E-state index contributed by atoms with van der Waals surface area (Å²) in [4.78, 5) is 2.26. The lowest BCUT2D eigenvalue weighted by atomic mass is 10.1. The Morgan fingerprint density at radius 1 is 1.35 bits per heavy atom. The number of rotatable bonds is 2. The van der Waals surface area contributed by atoms with Crippen LogP contribution in [-0.2, 0) is 6.54 Å². The summed E-state index contributed by atoms with van der Waals surface area (Å²) in [6.45, 7) is 2.59. The maximum Gasteiger partial charge on any atom is 0.129 e. The van der Waals surface area contributed by atoms with Gasteiger partial charge in [-0.05, 0) is 44.5 Å². The Bertz CT molecular complexity index is 384. The molecule has 1 aliphatic rings. The summed E-state index contributed by atoms with van der Waals surface area (Å²) >= 11 is 5.73. The third-order valence-electron chi connectivity index (χ3n) is 3.27. The monoisotopic (exact) mass is 256 g/mol. The van der Waals surface area contributed by atoms with Crippen LogP contribution in [0.4, 0.5) is 4.39 Å². The third kappa shape index (κ3) is 3.66. The first-order valence-corrected chi connectivity index (χ1v) is 6.45. The highest BCUT2D eigenvalue weighted by Gasteiger charge is 2.15. The number of hydrogen-bond acceptors (Lipinski definition) is 2. The van der Waals surface area contributed by atoms with Gasteiger partial charge in [0.15, 0.2) is 0 Å². The van der Waals surface area contributed by atoms with Crippen LogP contribution in [0.15, 0.2) is 18.2 Å². The first-order valence-electron chi connectivity index (χ1n) is 6.07. The normalized spacial score (nSPS) is 22.4.